The van der Waals surface area contributed by atoms with Crippen LogP contribution in [0, 0.1) is 0 Å². The van der Waals surface area contributed by atoms with E-state index in [1.165, 1.54) is 27.5 Å². The molecule has 0 aliphatic carbocycles. The van der Waals surface area contributed by atoms with Gasteiger partial charge in [0.05, 0.1) is 0 Å². The van der Waals surface area contributed by atoms with E-state index in [0.717, 1.165) is 0 Å². The van der Waals surface area contributed by atoms with Crippen molar-refractivity contribution in [1.29, 1.82) is 0 Å². The maximum absolute atomic E-state index is 2.29. The summed E-state index contributed by atoms with van der Waals surface area (Å²) in [6, 6.07) is 23.8. The predicted octanol–water partition coefficient (Wildman–Crippen LogP) is 5.80. The van der Waals surface area contributed by atoms with Crippen molar-refractivity contribution >= 4 is 10.8 Å². The molecule has 0 bridgehead atoms. The van der Waals surface area contributed by atoms with Gasteiger partial charge in [-0.2, -0.15) is 0 Å². The van der Waals surface area contributed by atoms with Crippen LogP contribution in [0.15, 0.2) is 66.7 Å². The quantitative estimate of drug-likeness (QED) is 0.518. The summed E-state index contributed by atoms with van der Waals surface area (Å²) in [5.41, 5.74) is 4.19. The monoisotopic (exact) mass is 260 g/mol. The zero-order valence-corrected chi connectivity index (χ0v) is 12.4. The minimum absolute atomic E-state index is 0.117. The van der Waals surface area contributed by atoms with Crippen LogP contribution in [-0.2, 0) is 5.41 Å². The molecule has 0 atom stereocenters. The second-order valence-corrected chi connectivity index (χ2v) is 6.33. The van der Waals surface area contributed by atoms with E-state index in [9.17, 15) is 0 Å². The van der Waals surface area contributed by atoms with Gasteiger partial charge < -0.3 is 0 Å². The average Bonchev–Trinajstić information content (AvgIpc) is 2.46. The second-order valence-electron chi connectivity index (χ2n) is 6.33. The van der Waals surface area contributed by atoms with Crippen LogP contribution in [0.2, 0.25) is 0 Å². The fourth-order valence-corrected chi connectivity index (χ4v) is 2.94. The Labute approximate surface area is 121 Å². The smallest absolute Gasteiger partial charge is 0.0120 e. The Morgan fingerprint density at radius 1 is 0.650 bits per heavy atom. The Morgan fingerprint density at radius 3 is 2.00 bits per heavy atom. The first-order valence-electron chi connectivity index (χ1n) is 7.15. The molecule has 0 amide bonds. The Bertz CT molecular complexity index is 731. The van der Waals surface area contributed by atoms with E-state index in [1.807, 2.05) is 0 Å². The van der Waals surface area contributed by atoms with Crippen LogP contribution in [0.4, 0.5) is 0 Å². The van der Waals surface area contributed by atoms with E-state index in [4.69, 9.17) is 0 Å². The van der Waals surface area contributed by atoms with Crippen LogP contribution < -0.4 is 0 Å². The maximum Gasteiger partial charge on any atom is -0.0120 e. The van der Waals surface area contributed by atoms with Crippen molar-refractivity contribution in [3.8, 4) is 11.1 Å². The first-order valence-corrected chi connectivity index (χ1v) is 7.15. The van der Waals surface area contributed by atoms with Gasteiger partial charge >= 0.3 is 0 Å². The number of hydrogen-bond acceptors (Lipinski definition) is 0. The highest BCUT2D eigenvalue weighted by Crippen LogP contribution is 2.38. The van der Waals surface area contributed by atoms with Crippen molar-refractivity contribution in [3.05, 3.63) is 72.3 Å². The van der Waals surface area contributed by atoms with E-state index < -0.39 is 0 Å². The Morgan fingerprint density at radius 2 is 1.30 bits per heavy atom. The molecule has 0 aliphatic rings. The molecule has 20 heavy (non-hydrogen) atoms. The standard InChI is InChI=1S/C20H20/c1-20(2,3)19-17-12-8-7-11-16(17)13-14-18(19)15-9-5-4-6-10-15/h4-14H,1-3H3. The van der Waals surface area contributed by atoms with Gasteiger partial charge in [-0.25, -0.2) is 0 Å². The highest BCUT2D eigenvalue weighted by atomic mass is 14.2. The summed E-state index contributed by atoms with van der Waals surface area (Å²) < 4.78 is 0. The molecule has 0 spiro atoms. The van der Waals surface area contributed by atoms with Gasteiger partial charge in [0.1, 0.15) is 0 Å². The van der Waals surface area contributed by atoms with Crippen molar-refractivity contribution < 1.29 is 0 Å². The minimum atomic E-state index is 0.117. The SMILES string of the molecule is CC(C)(C)c1c(-c2ccccc2)ccc2ccccc12. The first-order chi connectivity index (χ1) is 9.57. The normalized spacial score (nSPS) is 11.8. The lowest BCUT2D eigenvalue weighted by molar-refractivity contribution is 0.597. The van der Waals surface area contributed by atoms with Gasteiger partial charge in [-0.15, -0.1) is 0 Å². The number of fused-ring (bicyclic) bond motifs is 1. The molecule has 0 radical (unpaired) electrons. The fourth-order valence-electron chi connectivity index (χ4n) is 2.94. The molecule has 100 valence electrons. The average molecular weight is 260 g/mol. The molecule has 0 saturated carbocycles. The molecule has 0 saturated heterocycles. The van der Waals surface area contributed by atoms with Gasteiger partial charge in [-0.3, -0.25) is 0 Å². The van der Waals surface area contributed by atoms with E-state index in [-0.39, 0.29) is 5.41 Å². The Kier molecular flexibility index (Phi) is 3.10. The van der Waals surface area contributed by atoms with Gasteiger partial charge in [-0.1, -0.05) is 87.5 Å². The largest absolute Gasteiger partial charge is 0.0622 e. The van der Waals surface area contributed by atoms with E-state index in [2.05, 4.69) is 87.5 Å². The van der Waals surface area contributed by atoms with Gasteiger partial charge in [0.2, 0.25) is 0 Å². The molecule has 0 heterocycles. The summed E-state index contributed by atoms with van der Waals surface area (Å²) in [7, 11) is 0. The molecular formula is C20H20. The molecular weight excluding hydrogens is 240 g/mol. The molecule has 0 aromatic heterocycles. The third-order valence-corrected chi connectivity index (χ3v) is 3.76. The van der Waals surface area contributed by atoms with Crippen LogP contribution in [0.25, 0.3) is 21.9 Å². The third kappa shape index (κ3) is 2.22. The van der Waals surface area contributed by atoms with Crippen molar-refractivity contribution in [2.24, 2.45) is 0 Å². The molecule has 0 nitrogen and oxygen atoms in total. The van der Waals surface area contributed by atoms with Crippen LogP contribution in [0.1, 0.15) is 26.3 Å². The molecule has 3 rings (SSSR count). The summed E-state index contributed by atoms with van der Waals surface area (Å²) in [4.78, 5) is 0. The Hall–Kier alpha value is -2.08. The topological polar surface area (TPSA) is 0 Å². The van der Waals surface area contributed by atoms with Crippen LogP contribution in [-0.4, -0.2) is 0 Å². The summed E-state index contributed by atoms with van der Waals surface area (Å²) in [5.74, 6) is 0. The van der Waals surface area contributed by atoms with Crippen LogP contribution >= 0.6 is 0 Å². The fraction of sp³-hybridized carbons (Fsp3) is 0.200. The third-order valence-electron chi connectivity index (χ3n) is 3.76. The van der Waals surface area contributed by atoms with E-state index in [0.29, 0.717) is 0 Å². The molecule has 3 aromatic rings. The van der Waals surface area contributed by atoms with Crippen molar-refractivity contribution in [2.75, 3.05) is 0 Å². The van der Waals surface area contributed by atoms with Crippen molar-refractivity contribution in [2.45, 2.75) is 26.2 Å². The number of hydrogen-bond donors (Lipinski definition) is 0. The van der Waals surface area contributed by atoms with E-state index >= 15 is 0 Å². The molecule has 0 N–H and O–H groups in total. The zero-order chi connectivity index (χ0) is 14.2. The number of rotatable bonds is 1. The molecule has 0 fully saturated rings. The van der Waals surface area contributed by atoms with Gasteiger partial charge in [0.25, 0.3) is 0 Å². The summed E-state index contributed by atoms with van der Waals surface area (Å²) >= 11 is 0. The highest BCUT2D eigenvalue weighted by molar-refractivity contribution is 5.92. The summed E-state index contributed by atoms with van der Waals surface area (Å²) in [5, 5.41) is 2.68. The molecule has 3 aromatic carbocycles. The first kappa shape index (κ1) is 12.9. The lowest BCUT2D eigenvalue weighted by Gasteiger charge is -2.25. The van der Waals surface area contributed by atoms with Gasteiger partial charge in [-0.05, 0) is 32.9 Å². The lowest BCUT2D eigenvalue weighted by Crippen LogP contribution is -2.13. The highest BCUT2D eigenvalue weighted by Gasteiger charge is 2.21. The van der Waals surface area contributed by atoms with Crippen LogP contribution in [0.5, 0.6) is 0 Å². The molecule has 0 heteroatoms. The zero-order valence-electron chi connectivity index (χ0n) is 12.4. The predicted molar refractivity (Wildman–Crippen MR) is 88.1 cm³/mol. The van der Waals surface area contributed by atoms with E-state index in [1.54, 1.807) is 0 Å². The molecule has 0 aliphatic heterocycles. The van der Waals surface area contributed by atoms with Gasteiger partial charge in [0.15, 0.2) is 0 Å². The second kappa shape index (κ2) is 4.79. The maximum atomic E-state index is 2.29. The van der Waals surface area contributed by atoms with Crippen LogP contribution in [0.3, 0.4) is 0 Å². The summed E-state index contributed by atoms with van der Waals surface area (Å²) in [6.07, 6.45) is 0. The van der Waals surface area contributed by atoms with Gasteiger partial charge in [0, 0.05) is 0 Å². The summed E-state index contributed by atoms with van der Waals surface area (Å²) in [6.45, 7) is 6.88. The lowest BCUT2D eigenvalue weighted by atomic mass is 9.79. The van der Waals surface area contributed by atoms with Crippen molar-refractivity contribution in [1.82, 2.24) is 0 Å². The number of benzene rings is 3. The van der Waals surface area contributed by atoms with Crippen molar-refractivity contribution in [3.63, 3.8) is 0 Å². The molecule has 0 unspecified atom stereocenters. The minimum Gasteiger partial charge on any atom is -0.0622 e. The Balaban J connectivity index is 2.38.